The first kappa shape index (κ1) is 41.1. The topological polar surface area (TPSA) is 151 Å². The number of carbonyl (C=O) groups is 4. The Morgan fingerprint density at radius 1 is 0.709 bits per heavy atom. The normalized spacial score (nSPS) is 14.0. The quantitative estimate of drug-likeness (QED) is 0.0818. The van der Waals surface area contributed by atoms with Gasteiger partial charge >= 0.3 is 11.9 Å². The van der Waals surface area contributed by atoms with Crippen molar-refractivity contribution in [2.45, 2.75) is 83.8 Å². The van der Waals surface area contributed by atoms with Crippen LogP contribution >= 0.6 is 22.7 Å². The second kappa shape index (κ2) is 19.5. The molecule has 0 saturated heterocycles. The van der Waals surface area contributed by atoms with Crippen LogP contribution in [-0.4, -0.2) is 52.7 Å². The minimum Gasteiger partial charge on any atom is -0.479 e. The fourth-order valence-corrected chi connectivity index (χ4v) is 8.43. The lowest BCUT2D eigenvalue weighted by atomic mass is 9.89. The number of anilines is 1. The molecule has 5 aromatic rings. The highest BCUT2D eigenvalue weighted by Crippen LogP contribution is 2.40. The number of ether oxygens (including phenoxy) is 2. The lowest BCUT2D eigenvalue weighted by Crippen LogP contribution is -2.31. The number of hydrogen-bond donors (Lipinski definition) is 4. The predicted molar refractivity (Wildman–Crippen MR) is 211 cm³/mol. The first-order valence-electron chi connectivity index (χ1n) is 18.4. The van der Waals surface area contributed by atoms with Gasteiger partial charge in [-0.2, -0.15) is 0 Å². The van der Waals surface area contributed by atoms with Crippen LogP contribution in [0.4, 0.5) is 14.5 Å². The number of carboxylic acids is 2. The van der Waals surface area contributed by atoms with Gasteiger partial charge in [-0.3, -0.25) is 9.59 Å². The number of amides is 2. The van der Waals surface area contributed by atoms with Crippen molar-refractivity contribution in [1.29, 1.82) is 0 Å². The van der Waals surface area contributed by atoms with Crippen molar-refractivity contribution < 1.29 is 47.6 Å². The van der Waals surface area contributed by atoms with E-state index in [9.17, 15) is 38.2 Å². The molecule has 14 heteroatoms. The minimum absolute atomic E-state index is 0.0474. The molecule has 0 radical (unpaired) electrons. The van der Waals surface area contributed by atoms with Crippen LogP contribution in [0.3, 0.4) is 0 Å². The number of aliphatic carboxylic acids is 2. The smallest absolute Gasteiger partial charge is 0.344 e. The summed E-state index contributed by atoms with van der Waals surface area (Å²) in [6.07, 6.45) is 5.91. The molecule has 4 N–H and O–H groups in total. The number of halogens is 2. The molecule has 10 nitrogen and oxygen atoms in total. The molecular formula is C41H44F2N2O8S2. The van der Waals surface area contributed by atoms with E-state index in [2.05, 4.69) is 10.6 Å². The molecule has 1 aliphatic carbocycles. The number of carbonyl (C=O) groups excluding carboxylic acids is 2. The van der Waals surface area contributed by atoms with E-state index in [0.29, 0.717) is 52.4 Å². The summed E-state index contributed by atoms with van der Waals surface area (Å²) in [6.45, 7) is 4.41. The molecule has 2 atom stereocenters. The van der Waals surface area contributed by atoms with Gasteiger partial charge in [0.15, 0.2) is 23.7 Å². The molecule has 1 saturated carbocycles. The molecule has 0 spiro atoms. The van der Waals surface area contributed by atoms with Crippen LogP contribution < -0.4 is 20.1 Å². The molecule has 0 bridgehead atoms. The van der Waals surface area contributed by atoms with E-state index < -0.39 is 47.4 Å². The largest absolute Gasteiger partial charge is 0.479 e. The van der Waals surface area contributed by atoms with Crippen LogP contribution in [0.15, 0.2) is 66.7 Å². The van der Waals surface area contributed by atoms with Crippen molar-refractivity contribution in [1.82, 2.24) is 5.32 Å². The number of benzene rings is 3. The van der Waals surface area contributed by atoms with E-state index in [1.807, 2.05) is 38.1 Å². The third-order valence-electron chi connectivity index (χ3n) is 9.16. The van der Waals surface area contributed by atoms with Crippen LogP contribution in [0.1, 0.15) is 91.0 Å². The lowest BCUT2D eigenvalue weighted by molar-refractivity contribution is -0.146. The Labute approximate surface area is 325 Å². The first-order valence-corrected chi connectivity index (χ1v) is 20.0. The van der Waals surface area contributed by atoms with E-state index in [-0.39, 0.29) is 23.0 Å². The molecule has 55 heavy (non-hydrogen) atoms. The first-order chi connectivity index (χ1) is 26.5. The maximum atomic E-state index is 13.9. The second-order valence-electron chi connectivity index (χ2n) is 13.2. The van der Waals surface area contributed by atoms with Gasteiger partial charge in [-0.1, -0.05) is 76.3 Å². The summed E-state index contributed by atoms with van der Waals surface area (Å²) < 4.78 is 40.9. The summed E-state index contributed by atoms with van der Waals surface area (Å²) in [6, 6.07) is 17.8. The molecule has 2 amide bonds. The van der Waals surface area contributed by atoms with E-state index >= 15 is 0 Å². The molecule has 2 unspecified atom stereocenters. The van der Waals surface area contributed by atoms with Gasteiger partial charge in [-0.25, -0.2) is 18.4 Å². The monoisotopic (exact) mass is 794 g/mol. The molecule has 292 valence electrons. The van der Waals surface area contributed by atoms with Crippen LogP contribution in [0.25, 0.3) is 20.2 Å². The zero-order valence-electron chi connectivity index (χ0n) is 30.6. The maximum Gasteiger partial charge on any atom is 0.344 e. The highest BCUT2D eigenvalue weighted by molar-refractivity contribution is 7.21. The van der Waals surface area contributed by atoms with Gasteiger partial charge in [0.05, 0.1) is 0 Å². The number of para-hydroxylation sites is 1. The Morgan fingerprint density at radius 2 is 1.18 bits per heavy atom. The Hall–Kier alpha value is -5.08. The maximum absolute atomic E-state index is 13.9. The van der Waals surface area contributed by atoms with Gasteiger partial charge in [-0.15, -0.1) is 22.7 Å². The number of thiophene rings is 2. The Balaban J connectivity index is 0.000000211. The SMILES string of the molecule is CCCC(Oc1c(C(=O)NCC2CCCCC2)sc2ccccc12)C(=O)O.CCCC(Oc1c(C(=O)Nc2c(F)cccc2F)sc2ccccc12)C(=O)O. The number of carboxylic acid groups (broad SMARTS) is 2. The number of fused-ring (bicyclic) bond motifs is 2. The van der Waals surface area contributed by atoms with Crippen molar-refractivity contribution >= 4 is 72.3 Å². The third-order valence-corrected chi connectivity index (χ3v) is 11.5. The second-order valence-corrected chi connectivity index (χ2v) is 15.3. The van der Waals surface area contributed by atoms with E-state index in [4.69, 9.17) is 9.47 Å². The van der Waals surface area contributed by atoms with Gasteiger partial charge in [0, 0.05) is 26.7 Å². The van der Waals surface area contributed by atoms with Crippen LogP contribution in [-0.2, 0) is 9.59 Å². The van der Waals surface area contributed by atoms with Crippen LogP contribution in [0.2, 0.25) is 0 Å². The molecular weight excluding hydrogens is 751 g/mol. The Bertz CT molecular complexity index is 2110. The van der Waals surface area contributed by atoms with Gasteiger partial charge < -0.3 is 30.3 Å². The van der Waals surface area contributed by atoms with Gasteiger partial charge in [0.25, 0.3) is 11.8 Å². The Morgan fingerprint density at radius 3 is 1.65 bits per heavy atom. The van der Waals surface area contributed by atoms with Crippen LogP contribution in [0, 0.1) is 17.6 Å². The average Bonchev–Trinajstić information content (AvgIpc) is 3.74. The zero-order valence-corrected chi connectivity index (χ0v) is 32.2. The van der Waals surface area contributed by atoms with Gasteiger partial charge in [-0.05, 0) is 68.0 Å². The zero-order chi connectivity index (χ0) is 39.5. The summed E-state index contributed by atoms with van der Waals surface area (Å²) in [7, 11) is 0. The fraction of sp³-hybridized carbons (Fsp3) is 0.366. The highest BCUT2D eigenvalue weighted by Gasteiger charge is 2.28. The van der Waals surface area contributed by atoms with Crippen molar-refractivity contribution in [3.8, 4) is 11.5 Å². The lowest BCUT2D eigenvalue weighted by Gasteiger charge is -2.21. The highest BCUT2D eigenvalue weighted by atomic mass is 32.1. The van der Waals surface area contributed by atoms with E-state index in [1.54, 1.807) is 24.3 Å². The fourth-order valence-electron chi connectivity index (χ4n) is 6.35. The van der Waals surface area contributed by atoms with Gasteiger partial charge in [0.2, 0.25) is 0 Å². The standard InChI is InChI=1S/C21H27NO4S.C20H17F2NO4S/c1-2-8-16(21(24)25)26-18-15-11-6-7-12-17(15)27-19(18)20(23)22-13-14-9-4-3-5-10-14;1-2-6-14(20(25)26)27-17-11-7-3-4-10-15(11)28-18(17)19(24)23-16-12(21)8-5-9-13(16)22/h6-7,11-12,14,16H,2-5,8-10,13H2,1H3,(H,22,23)(H,24,25);3-5,7-10,14H,2,6H2,1H3,(H,23,24)(H,25,26). The van der Waals surface area contributed by atoms with Crippen LogP contribution in [0.5, 0.6) is 11.5 Å². The molecule has 1 fully saturated rings. The molecule has 1 aliphatic rings. The molecule has 2 aromatic heterocycles. The minimum atomic E-state index is -1.15. The number of hydrogen-bond acceptors (Lipinski definition) is 8. The predicted octanol–water partition coefficient (Wildman–Crippen LogP) is 9.91. The third kappa shape index (κ3) is 10.4. The molecule has 3 aromatic carbocycles. The summed E-state index contributed by atoms with van der Waals surface area (Å²) in [5.74, 6) is -3.89. The van der Waals surface area contributed by atoms with Crippen molar-refractivity contribution in [2.75, 3.05) is 11.9 Å². The molecule has 6 rings (SSSR count). The number of rotatable bonds is 15. The van der Waals surface area contributed by atoms with Crippen molar-refractivity contribution in [3.63, 3.8) is 0 Å². The average molecular weight is 795 g/mol. The van der Waals surface area contributed by atoms with E-state index in [1.165, 1.54) is 36.7 Å². The summed E-state index contributed by atoms with van der Waals surface area (Å²) >= 11 is 2.42. The summed E-state index contributed by atoms with van der Waals surface area (Å²) in [5.41, 5.74) is -0.570. The van der Waals surface area contributed by atoms with Crippen molar-refractivity contribution in [2.24, 2.45) is 5.92 Å². The molecule has 2 heterocycles. The van der Waals surface area contributed by atoms with Gasteiger partial charge in [0.1, 0.15) is 27.1 Å². The summed E-state index contributed by atoms with van der Waals surface area (Å²) in [4.78, 5) is 49.2. The Kier molecular flexibility index (Phi) is 14.6. The number of nitrogens with one attached hydrogen (secondary N) is 2. The molecule has 0 aliphatic heterocycles. The van der Waals surface area contributed by atoms with E-state index in [0.717, 1.165) is 46.4 Å². The summed E-state index contributed by atoms with van der Waals surface area (Å²) in [5, 5.41) is 25.5. The van der Waals surface area contributed by atoms with Crippen molar-refractivity contribution in [3.05, 3.63) is 88.1 Å².